The minimum atomic E-state index is 0.122. The molecule has 1 amide bonds. The molecule has 1 aliphatic heterocycles. The van der Waals surface area contributed by atoms with Gasteiger partial charge in [-0.05, 0) is 42.9 Å². The molecule has 3 aromatic rings. The Bertz CT molecular complexity index is 1020. The quantitative estimate of drug-likeness (QED) is 0.769. The zero-order valence-corrected chi connectivity index (χ0v) is 15.9. The number of likely N-dealkylation sites (tertiary alicyclic amines) is 1. The summed E-state index contributed by atoms with van der Waals surface area (Å²) >= 11 is 0. The molecule has 1 fully saturated rings. The molecule has 1 aliphatic rings. The van der Waals surface area contributed by atoms with Crippen molar-refractivity contribution in [1.29, 1.82) is 0 Å². The highest BCUT2D eigenvalue weighted by Gasteiger charge is 2.27. The predicted octanol–water partition coefficient (Wildman–Crippen LogP) is 2.75. The van der Waals surface area contributed by atoms with Crippen LogP contribution in [0.5, 0.6) is 0 Å². The third-order valence-corrected chi connectivity index (χ3v) is 5.03. The van der Waals surface area contributed by atoms with Crippen LogP contribution in [-0.4, -0.2) is 43.4 Å². The zero-order chi connectivity index (χ0) is 19.1. The van der Waals surface area contributed by atoms with E-state index in [1.165, 1.54) is 6.33 Å². The van der Waals surface area contributed by atoms with Crippen LogP contribution < -0.4 is 5.73 Å². The van der Waals surface area contributed by atoms with E-state index in [1.54, 1.807) is 12.4 Å². The number of nitrogens with two attached hydrogens (primary N) is 1. The molecule has 4 rings (SSSR count). The van der Waals surface area contributed by atoms with Crippen molar-refractivity contribution in [2.45, 2.75) is 33.6 Å². The first kappa shape index (κ1) is 17.5. The number of carbonyl (C=O) groups is 1. The number of benzene rings is 1. The molecule has 0 unspecified atom stereocenters. The van der Waals surface area contributed by atoms with Gasteiger partial charge < -0.3 is 10.6 Å². The fourth-order valence-electron chi connectivity index (χ4n) is 3.62. The van der Waals surface area contributed by atoms with Gasteiger partial charge in [0.25, 0.3) is 5.91 Å². The molecule has 1 saturated heterocycles. The highest BCUT2D eigenvalue weighted by molar-refractivity contribution is 6.02. The van der Waals surface area contributed by atoms with E-state index in [1.807, 2.05) is 22.5 Å². The summed E-state index contributed by atoms with van der Waals surface area (Å²) in [5.41, 5.74) is 10.4. The molecule has 0 saturated carbocycles. The summed E-state index contributed by atoms with van der Waals surface area (Å²) in [4.78, 5) is 27.9. The van der Waals surface area contributed by atoms with Crippen molar-refractivity contribution < 1.29 is 4.79 Å². The molecule has 27 heavy (non-hydrogen) atoms. The van der Waals surface area contributed by atoms with Gasteiger partial charge in [0.1, 0.15) is 24.3 Å². The van der Waals surface area contributed by atoms with E-state index < -0.39 is 0 Å². The number of imidazole rings is 1. The van der Waals surface area contributed by atoms with Gasteiger partial charge in [0.2, 0.25) is 0 Å². The number of anilines is 1. The number of nitrogen functional groups attached to an aromatic ring is 1. The summed E-state index contributed by atoms with van der Waals surface area (Å²) < 4.78 is 1.90. The molecule has 7 heteroatoms. The molecular weight excluding hydrogens is 340 g/mol. The number of hydrogen-bond acceptors (Lipinski definition) is 5. The third-order valence-electron chi connectivity index (χ3n) is 5.03. The molecule has 0 spiro atoms. The van der Waals surface area contributed by atoms with Gasteiger partial charge in [0, 0.05) is 24.7 Å². The minimum absolute atomic E-state index is 0.122. The van der Waals surface area contributed by atoms with Crippen molar-refractivity contribution >= 4 is 22.8 Å². The molecule has 2 aromatic heterocycles. The molecule has 0 aliphatic carbocycles. The number of aromatic nitrogens is 4. The Morgan fingerprint density at radius 3 is 2.63 bits per heavy atom. The number of rotatable bonds is 4. The van der Waals surface area contributed by atoms with Crippen molar-refractivity contribution in [2.75, 3.05) is 18.8 Å². The van der Waals surface area contributed by atoms with E-state index in [-0.39, 0.29) is 5.91 Å². The first-order valence-corrected chi connectivity index (χ1v) is 9.32. The first-order valence-electron chi connectivity index (χ1n) is 9.32. The lowest BCUT2D eigenvalue weighted by molar-refractivity contribution is 0.0650. The fourth-order valence-corrected chi connectivity index (χ4v) is 3.62. The third kappa shape index (κ3) is 3.03. The molecule has 140 valence electrons. The van der Waals surface area contributed by atoms with Crippen molar-refractivity contribution in [1.82, 2.24) is 24.4 Å². The van der Waals surface area contributed by atoms with E-state index >= 15 is 0 Å². The van der Waals surface area contributed by atoms with Gasteiger partial charge in [-0.25, -0.2) is 15.0 Å². The van der Waals surface area contributed by atoms with E-state index in [9.17, 15) is 4.79 Å². The Labute approximate surface area is 158 Å². The second-order valence-corrected chi connectivity index (χ2v) is 7.57. The highest BCUT2D eigenvalue weighted by atomic mass is 16.2. The smallest absolute Gasteiger partial charge is 0.254 e. The van der Waals surface area contributed by atoms with Crippen molar-refractivity contribution in [3.05, 3.63) is 41.5 Å². The summed E-state index contributed by atoms with van der Waals surface area (Å²) in [6.07, 6.45) is 5.07. The second-order valence-electron chi connectivity index (χ2n) is 7.57. The van der Waals surface area contributed by atoms with Crippen LogP contribution in [0.3, 0.4) is 0 Å². The van der Waals surface area contributed by atoms with Gasteiger partial charge in [-0.3, -0.25) is 9.36 Å². The molecule has 1 aromatic carbocycles. The van der Waals surface area contributed by atoms with Crippen LogP contribution in [0.25, 0.3) is 16.9 Å². The maximum atomic E-state index is 13.1. The number of carbonyl (C=O) groups excluding carboxylic acids is 1. The number of amides is 1. The zero-order valence-electron chi connectivity index (χ0n) is 15.9. The normalized spacial score (nSPS) is 14.0. The molecule has 7 nitrogen and oxygen atoms in total. The Kier molecular flexibility index (Phi) is 4.30. The number of aryl methyl sites for hydroxylation is 1. The summed E-state index contributed by atoms with van der Waals surface area (Å²) in [5, 5.41) is 0. The Hall–Kier alpha value is -2.96. The topological polar surface area (TPSA) is 89.9 Å². The number of nitrogens with zero attached hydrogens (tertiary/aromatic N) is 5. The standard InChI is InChI=1S/C20H24N6O/c1-12(2)7-14-18(20(27)25-5-4-6-25)13(3)8-15-19(14)24-11-26(15)17-9-16(21)22-10-23-17/h8-12H,4-7H2,1-3H3,(H2,21,22,23). The van der Waals surface area contributed by atoms with Crippen LogP contribution in [0.15, 0.2) is 24.8 Å². The van der Waals surface area contributed by atoms with E-state index in [2.05, 4.69) is 28.8 Å². The number of fused-ring (bicyclic) bond motifs is 1. The molecule has 2 N–H and O–H groups in total. The van der Waals surface area contributed by atoms with Gasteiger partial charge in [-0.2, -0.15) is 0 Å². The summed E-state index contributed by atoms with van der Waals surface area (Å²) in [6.45, 7) is 8.00. The van der Waals surface area contributed by atoms with Crippen molar-refractivity contribution in [3.63, 3.8) is 0 Å². The minimum Gasteiger partial charge on any atom is -0.384 e. The molecular formula is C20H24N6O. The largest absolute Gasteiger partial charge is 0.384 e. The SMILES string of the molecule is Cc1cc2c(ncn2-c2cc(N)ncn2)c(CC(C)C)c1C(=O)N1CCC1. The summed E-state index contributed by atoms with van der Waals surface area (Å²) in [5.74, 6) is 1.61. The fraction of sp³-hybridized carbons (Fsp3) is 0.400. The highest BCUT2D eigenvalue weighted by Crippen LogP contribution is 2.30. The molecule has 0 bridgehead atoms. The van der Waals surface area contributed by atoms with Crippen LogP contribution in [-0.2, 0) is 6.42 Å². The van der Waals surface area contributed by atoms with Gasteiger partial charge in [-0.1, -0.05) is 13.8 Å². The van der Waals surface area contributed by atoms with Gasteiger partial charge in [-0.15, -0.1) is 0 Å². The average Bonchev–Trinajstić information content (AvgIpc) is 2.96. The van der Waals surface area contributed by atoms with Crippen LogP contribution in [0.1, 0.15) is 41.8 Å². The van der Waals surface area contributed by atoms with E-state index in [0.29, 0.717) is 17.6 Å². The number of hydrogen-bond donors (Lipinski definition) is 1. The Morgan fingerprint density at radius 2 is 2.00 bits per heavy atom. The van der Waals surface area contributed by atoms with Gasteiger partial charge in [0.15, 0.2) is 0 Å². The van der Waals surface area contributed by atoms with E-state index in [4.69, 9.17) is 5.73 Å². The Balaban J connectivity index is 1.92. The molecule has 0 atom stereocenters. The molecule has 3 heterocycles. The monoisotopic (exact) mass is 364 g/mol. The van der Waals surface area contributed by atoms with Crippen molar-refractivity contribution in [2.24, 2.45) is 5.92 Å². The van der Waals surface area contributed by atoms with Crippen LogP contribution in [0, 0.1) is 12.8 Å². The predicted molar refractivity (Wildman–Crippen MR) is 105 cm³/mol. The maximum absolute atomic E-state index is 13.1. The first-order chi connectivity index (χ1) is 13.0. The Morgan fingerprint density at radius 1 is 1.22 bits per heavy atom. The van der Waals surface area contributed by atoms with Crippen LogP contribution in [0.4, 0.5) is 5.82 Å². The summed E-state index contributed by atoms with van der Waals surface area (Å²) in [6, 6.07) is 3.75. The lowest BCUT2D eigenvalue weighted by Gasteiger charge is -2.32. The van der Waals surface area contributed by atoms with Gasteiger partial charge >= 0.3 is 0 Å². The van der Waals surface area contributed by atoms with Crippen LogP contribution in [0.2, 0.25) is 0 Å². The summed E-state index contributed by atoms with van der Waals surface area (Å²) in [7, 11) is 0. The molecule has 0 radical (unpaired) electrons. The van der Waals surface area contributed by atoms with Gasteiger partial charge in [0.05, 0.1) is 11.0 Å². The lowest BCUT2D eigenvalue weighted by Crippen LogP contribution is -2.42. The lowest BCUT2D eigenvalue weighted by atomic mass is 9.92. The van der Waals surface area contributed by atoms with Crippen molar-refractivity contribution in [3.8, 4) is 5.82 Å². The van der Waals surface area contributed by atoms with Crippen LogP contribution >= 0.6 is 0 Å². The van der Waals surface area contributed by atoms with E-state index in [0.717, 1.165) is 53.7 Å². The maximum Gasteiger partial charge on any atom is 0.254 e. The second kappa shape index (κ2) is 6.64. The average molecular weight is 364 g/mol.